The van der Waals surface area contributed by atoms with Crippen molar-refractivity contribution >= 4 is 11.6 Å². The van der Waals surface area contributed by atoms with E-state index >= 15 is 0 Å². The number of Topliss-reactive ketones (excluding diaryl/α,β-unsaturated/α-hetero) is 2. The number of hydrogen-bond donors (Lipinski definition) is 6. The summed E-state index contributed by atoms with van der Waals surface area (Å²) in [5.41, 5.74) is -0.261. The zero-order valence-corrected chi connectivity index (χ0v) is 61.0. The number of carbonyl (C=O) groups is 2. The van der Waals surface area contributed by atoms with Gasteiger partial charge in [-0.3, -0.25) is 9.59 Å². The summed E-state index contributed by atoms with van der Waals surface area (Å²) in [5.74, 6) is 19.5. The maximum atomic E-state index is 12.1. The van der Waals surface area contributed by atoms with Gasteiger partial charge in [0, 0.05) is 11.8 Å². The highest BCUT2D eigenvalue weighted by Crippen LogP contribution is 2.70. The Kier molecular flexibility index (Phi) is 19.4. The van der Waals surface area contributed by atoms with E-state index in [0.29, 0.717) is 56.9 Å². The van der Waals surface area contributed by atoms with Crippen molar-refractivity contribution in [3.63, 3.8) is 0 Å². The van der Waals surface area contributed by atoms with Gasteiger partial charge in [0.2, 0.25) is 0 Å². The topological polar surface area (TPSA) is 156 Å². The fourth-order valence-corrected chi connectivity index (χ4v) is 31.3. The van der Waals surface area contributed by atoms with Crippen molar-refractivity contribution in [1.82, 2.24) is 0 Å². The van der Waals surface area contributed by atoms with Gasteiger partial charge in [-0.05, 0) is 438 Å². The van der Waals surface area contributed by atoms with Crippen molar-refractivity contribution in [3.05, 3.63) is 0 Å². The largest absolute Gasteiger partial charge is 0.393 e. The van der Waals surface area contributed by atoms with E-state index in [1.165, 1.54) is 167 Å². The van der Waals surface area contributed by atoms with Crippen LogP contribution in [0.4, 0.5) is 0 Å². The van der Waals surface area contributed by atoms with Gasteiger partial charge >= 0.3 is 0 Å². The average Bonchev–Trinajstić information content (AvgIpc) is 1.51. The molecule has 0 aromatic rings. The third kappa shape index (κ3) is 12.5. The van der Waals surface area contributed by atoms with Crippen LogP contribution in [0, 0.1) is 164 Å². The predicted octanol–water partition coefficient (Wildman–Crippen LogP) is 18.0. The van der Waals surface area contributed by atoms with Crippen molar-refractivity contribution < 1.29 is 40.2 Å². The quantitative estimate of drug-likeness (QED) is 0.163. The van der Waals surface area contributed by atoms with Gasteiger partial charge in [0.15, 0.2) is 0 Å². The number of aliphatic hydroxyl groups is 6. The van der Waals surface area contributed by atoms with Crippen LogP contribution in [0.25, 0.3) is 0 Å². The highest BCUT2D eigenvalue weighted by molar-refractivity contribution is 5.80. The molecule has 16 aliphatic carbocycles. The molecule has 0 aliphatic heterocycles. The van der Waals surface area contributed by atoms with Crippen molar-refractivity contribution in [1.29, 1.82) is 0 Å². The molecule has 2 unspecified atom stereocenters. The van der Waals surface area contributed by atoms with Crippen LogP contribution in [0.2, 0.25) is 0 Å². The summed E-state index contributed by atoms with van der Waals surface area (Å²) in [6, 6.07) is 0. The molecule has 0 radical (unpaired) electrons. The second kappa shape index (κ2) is 25.6. The molecule has 16 fully saturated rings. The minimum absolute atomic E-state index is 0.136. The molecule has 16 rings (SSSR count). The summed E-state index contributed by atoms with van der Waals surface area (Å²) >= 11 is 0. The number of rotatable bonds is 4. The lowest BCUT2D eigenvalue weighted by atomic mass is 9.49. The van der Waals surface area contributed by atoms with E-state index in [1.807, 2.05) is 41.5 Å². The third-order valence-corrected chi connectivity index (χ3v) is 35.2. The third-order valence-electron chi connectivity index (χ3n) is 35.2. The predicted molar refractivity (Wildman–Crippen MR) is 370 cm³/mol. The van der Waals surface area contributed by atoms with E-state index in [9.17, 15) is 40.2 Å². The molecule has 16 aliphatic rings. The molecule has 0 heterocycles. The van der Waals surface area contributed by atoms with Gasteiger partial charge in [-0.1, -0.05) is 27.7 Å². The number of hydrogen-bond acceptors (Lipinski definition) is 8. The normalized spacial score (nSPS) is 56.5. The number of ketones is 2. The molecule has 8 heteroatoms. The second-order valence-electron chi connectivity index (χ2n) is 40.2. The fraction of sp³-hybridized carbons (Fsp3) is 0.976. The smallest absolute Gasteiger partial charge is 0.133 e. The maximum absolute atomic E-state index is 12.1. The Morgan fingerprint density at radius 1 is 0.283 bits per heavy atom. The maximum Gasteiger partial charge on any atom is 0.133 e. The number of aliphatic hydroxyl groups excluding tert-OH is 2. The summed E-state index contributed by atoms with van der Waals surface area (Å²) in [7, 11) is 0. The minimum atomic E-state index is -0.412. The van der Waals surface area contributed by atoms with Crippen LogP contribution >= 0.6 is 0 Å². The van der Waals surface area contributed by atoms with Gasteiger partial charge in [-0.15, -0.1) is 0 Å². The highest BCUT2D eigenvalue weighted by atomic mass is 16.3. The van der Waals surface area contributed by atoms with E-state index in [1.54, 1.807) is 0 Å². The number of fused-ring (bicyclic) bond motifs is 20. The second-order valence-corrected chi connectivity index (χ2v) is 40.2. The van der Waals surface area contributed by atoms with Crippen LogP contribution in [0.1, 0.15) is 314 Å². The van der Waals surface area contributed by atoms with Crippen LogP contribution in [-0.2, 0) is 9.59 Å². The van der Waals surface area contributed by atoms with E-state index in [4.69, 9.17) is 0 Å². The average molecular weight is 1280 g/mol. The molecule has 34 atom stereocenters. The molecule has 6 N–H and O–H groups in total. The van der Waals surface area contributed by atoms with Crippen LogP contribution in [0.3, 0.4) is 0 Å². The van der Waals surface area contributed by atoms with Gasteiger partial charge < -0.3 is 30.6 Å². The first-order valence-corrected chi connectivity index (χ1v) is 40.5. The SMILES string of the molecule is CC(=O)[C@H]1CC[C@H]2[C@@H]3CC[C@H]4C[C@@](C)(O)CC[C@@H]4[C@H]3CC[C@]12C.CC(=O)[C@H]1CC[C@H]2[C@@H]3CC[C@H]4C[C@](C)(O)CC[C@@H]4[C@H]3CC[C@]12C.CC(O)[C@H]1CC[C@H]2[C@@H]3CC[C@H]4C[C@@](C)(O)CC[C@@H]4[C@H]3CC[C@]12C.CC(O)[C@H]1CC[C@H]2[C@@H]3CC[C@H]4C[C@](C)(O)CC[C@@H]4[C@H]3CC[C@]12C. The number of carbonyl (C=O) groups excluding carboxylic acids is 2. The Morgan fingerprint density at radius 2 is 0.511 bits per heavy atom. The molecule has 0 bridgehead atoms. The van der Waals surface area contributed by atoms with E-state index in [0.717, 1.165) is 183 Å². The zero-order valence-electron chi connectivity index (χ0n) is 61.0. The Balaban J connectivity index is 0.000000112. The Bertz CT molecular complexity index is 2430. The molecule has 8 nitrogen and oxygen atoms in total. The van der Waals surface area contributed by atoms with Gasteiger partial charge in [-0.25, -0.2) is 0 Å². The van der Waals surface area contributed by atoms with E-state index in [-0.39, 0.29) is 12.2 Å². The van der Waals surface area contributed by atoms with Crippen molar-refractivity contribution in [2.24, 2.45) is 164 Å². The molecule has 16 saturated carbocycles. The molecule has 0 saturated heterocycles. The molecule has 0 spiro atoms. The van der Waals surface area contributed by atoms with Crippen molar-refractivity contribution in [3.8, 4) is 0 Å². The van der Waals surface area contributed by atoms with Crippen LogP contribution in [0.15, 0.2) is 0 Å². The fourth-order valence-electron chi connectivity index (χ4n) is 31.3. The molecular weight excluding hydrogens is 1140 g/mol. The first-order chi connectivity index (χ1) is 43.3. The summed E-state index contributed by atoms with van der Waals surface area (Å²) < 4.78 is 0. The van der Waals surface area contributed by atoms with Crippen molar-refractivity contribution in [2.75, 3.05) is 0 Å². The molecule has 0 amide bonds. The Labute approximate surface area is 561 Å². The van der Waals surface area contributed by atoms with Gasteiger partial charge in [0.05, 0.1) is 34.6 Å². The van der Waals surface area contributed by atoms with Gasteiger partial charge in [0.1, 0.15) is 11.6 Å². The first-order valence-electron chi connectivity index (χ1n) is 40.5. The Hall–Kier alpha value is -0.900. The summed E-state index contributed by atoms with van der Waals surface area (Å²) in [6.07, 6.45) is 44.3. The molecule has 92 heavy (non-hydrogen) atoms. The first kappa shape index (κ1) is 69.6. The lowest BCUT2D eigenvalue weighted by Gasteiger charge is -2.57. The molecular formula is C84H140O8. The molecule has 0 aromatic carbocycles. The Morgan fingerprint density at radius 3 is 0.761 bits per heavy atom. The molecule has 0 aromatic heterocycles. The minimum Gasteiger partial charge on any atom is -0.393 e. The van der Waals surface area contributed by atoms with Crippen LogP contribution in [-0.4, -0.2) is 76.8 Å². The van der Waals surface area contributed by atoms with Gasteiger partial charge in [0.25, 0.3) is 0 Å². The lowest BCUT2D eigenvalue weighted by Crippen LogP contribution is -2.51. The van der Waals surface area contributed by atoms with Crippen LogP contribution < -0.4 is 0 Å². The zero-order chi connectivity index (χ0) is 65.6. The standard InChI is InChI=1S/2C21H36O2.2C21H34O2/c4*1-13(22)18-6-7-19-17-5-4-14-12-20(2,23)10-8-15(14)16(17)9-11-21(18,19)3/h2*13-19,22-23H,4-12H2,1-3H3;2*14-19,23H,4-12H2,1-3H3/t13?,14-,15-,16+,17+,18+,19-,20+,21+;13?,14-,15-,16+,17+,18+,19-,20-,21+;14-,15-,16+,17+,18+,19-,20+,21+;14-,15-,16+,17+,18+,19-,20-,21+/m0000/s1. The van der Waals surface area contributed by atoms with Crippen LogP contribution in [0.5, 0.6) is 0 Å². The molecule has 524 valence electrons. The summed E-state index contributed by atoms with van der Waals surface area (Å²) in [6.45, 7) is 25.7. The summed E-state index contributed by atoms with van der Waals surface area (Å²) in [4.78, 5) is 24.3. The summed E-state index contributed by atoms with van der Waals surface area (Å²) in [5, 5.41) is 62.4. The van der Waals surface area contributed by atoms with E-state index in [2.05, 4.69) is 41.5 Å². The monoisotopic (exact) mass is 1280 g/mol. The van der Waals surface area contributed by atoms with Gasteiger partial charge in [-0.2, -0.15) is 0 Å². The van der Waals surface area contributed by atoms with E-state index < -0.39 is 22.4 Å². The van der Waals surface area contributed by atoms with Crippen molar-refractivity contribution in [2.45, 2.75) is 349 Å². The highest BCUT2D eigenvalue weighted by Gasteiger charge is 2.63. The lowest BCUT2D eigenvalue weighted by molar-refractivity contribution is -0.130.